The van der Waals surface area contributed by atoms with Crippen molar-refractivity contribution >= 4 is 22.5 Å². The van der Waals surface area contributed by atoms with Gasteiger partial charge in [-0.2, -0.15) is 0 Å². The minimum atomic E-state index is 0.0770. The quantitative estimate of drug-likeness (QED) is 0.538. The molecule has 2 heterocycles. The summed E-state index contributed by atoms with van der Waals surface area (Å²) >= 11 is 6.03. The Labute approximate surface area is 183 Å². The second-order valence-electron chi connectivity index (χ2n) is 8.68. The highest BCUT2D eigenvalue weighted by Gasteiger charge is 2.22. The zero-order chi connectivity index (χ0) is 21.3. The van der Waals surface area contributed by atoms with Gasteiger partial charge in [0.15, 0.2) is 0 Å². The monoisotopic (exact) mass is 423 g/mol. The van der Waals surface area contributed by atoms with Gasteiger partial charge in [-0.05, 0) is 67.2 Å². The van der Waals surface area contributed by atoms with E-state index >= 15 is 0 Å². The fourth-order valence-electron chi connectivity index (χ4n) is 4.52. The number of nitrogens with zero attached hydrogens (tertiary/aromatic N) is 3. The molecule has 30 heavy (non-hydrogen) atoms. The minimum Gasteiger partial charge on any atom is -0.303 e. The zero-order valence-electron chi connectivity index (χ0n) is 18.1. The highest BCUT2D eigenvalue weighted by atomic mass is 35.5. The number of halogens is 1. The number of rotatable bonds is 5. The lowest BCUT2D eigenvalue weighted by Gasteiger charge is -2.32. The molecule has 5 heteroatoms. The Balaban J connectivity index is 1.77. The first-order valence-electron chi connectivity index (χ1n) is 11.0. The molecule has 1 saturated heterocycles. The number of fused-ring (bicyclic) bond motifs is 1. The Morgan fingerprint density at radius 3 is 2.57 bits per heavy atom. The van der Waals surface area contributed by atoms with Crippen LogP contribution in [0.1, 0.15) is 45.4 Å². The van der Waals surface area contributed by atoms with Gasteiger partial charge in [0.05, 0.1) is 10.9 Å². The molecule has 0 spiro atoms. The number of hydrogen-bond acceptors (Lipinski definition) is 3. The first-order valence-corrected chi connectivity index (χ1v) is 11.4. The number of benzene rings is 2. The average molecular weight is 424 g/mol. The number of likely N-dealkylation sites (tertiary alicyclic amines) is 1. The van der Waals surface area contributed by atoms with Crippen molar-refractivity contribution in [3.8, 4) is 11.1 Å². The molecule has 1 fully saturated rings. The highest BCUT2D eigenvalue weighted by Crippen LogP contribution is 2.26. The molecule has 1 aromatic heterocycles. The molecule has 0 amide bonds. The van der Waals surface area contributed by atoms with Crippen molar-refractivity contribution < 1.29 is 0 Å². The van der Waals surface area contributed by atoms with Gasteiger partial charge in [0.25, 0.3) is 5.56 Å². The minimum absolute atomic E-state index is 0.0770. The van der Waals surface area contributed by atoms with Gasteiger partial charge < -0.3 is 4.90 Å². The van der Waals surface area contributed by atoms with E-state index < -0.39 is 0 Å². The second-order valence-corrected chi connectivity index (χ2v) is 9.12. The van der Waals surface area contributed by atoms with E-state index in [1.54, 1.807) is 0 Å². The molecule has 3 aromatic rings. The molecule has 0 saturated carbocycles. The summed E-state index contributed by atoms with van der Waals surface area (Å²) in [4.78, 5) is 21.0. The average Bonchev–Trinajstić information content (AvgIpc) is 2.76. The molecule has 4 rings (SSSR count). The van der Waals surface area contributed by atoms with Gasteiger partial charge in [0.1, 0.15) is 5.82 Å². The largest absolute Gasteiger partial charge is 0.303 e. The van der Waals surface area contributed by atoms with Crippen LogP contribution in [0.25, 0.3) is 22.0 Å². The van der Waals surface area contributed by atoms with E-state index in [1.807, 2.05) is 47.0 Å². The van der Waals surface area contributed by atoms with Crippen LogP contribution in [0, 0.1) is 5.92 Å². The van der Waals surface area contributed by atoms with Crippen LogP contribution in [0.4, 0.5) is 0 Å². The molecular weight excluding hydrogens is 394 g/mol. The summed E-state index contributed by atoms with van der Waals surface area (Å²) in [5.41, 5.74) is 2.91. The van der Waals surface area contributed by atoms with Gasteiger partial charge in [-0.25, -0.2) is 4.98 Å². The molecule has 1 aliphatic heterocycles. The van der Waals surface area contributed by atoms with E-state index in [-0.39, 0.29) is 11.5 Å². The first-order chi connectivity index (χ1) is 14.5. The topological polar surface area (TPSA) is 38.1 Å². The third kappa shape index (κ3) is 4.30. The fourth-order valence-corrected chi connectivity index (χ4v) is 4.65. The van der Waals surface area contributed by atoms with Gasteiger partial charge in [0.2, 0.25) is 0 Å². The van der Waals surface area contributed by atoms with E-state index in [0.717, 1.165) is 42.1 Å². The molecule has 0 aliphatic carbocycles. The van der Waals surface area contributed by atoms with Crippen molar-refractivity contribution in [2.75, 3.05) is 19.6 Å². The van der Waals surface area contributed by atoms with Crippen LogP contribution in [0.15, 0.2) is 47.3 Å². The van der Waals surface area contributed by atoms with Crippen LogP contribution in [0.5, 0.6) is 0 Å². The molecule has 0 bridgehead atoms. The lowest BCUT2D eigenvalue weighted by molar-refractivity contribution is 0.168. The van der Waals surface area contributed by atoms with Crippen LogP contribution in [-0.4, -0.2) is 34.1 Å². The Hall–Kier alpha value is -2.17. The summed E-state index contributed by atoms with van der Waals surface area (Å²) in [6.45, 7) is 10.5. The van der Waals surface area contributed by atoms with Crippen LogP contribution in [-0.2, 0) is 6.54 Å². The van der Waals surface area contributed by atoms with Crippen molar-refractivity contribution in [3.05, 3.63) is 63.7 Å². The number of hydrogen-bond donors (Lipinski definition) is 0. The van der Waals surface area contributed by atoms with Crippen LogP contribution >= 0.6 is 11.6 Å². The molecular formula is C25H30ClN3O. The van der Waals surface area contributed by atoms with Crippen molar-refractivity contribution in [2.45, 2.75) is 46.1 Å². The zero-order valence-corrected chi connectivity index (χ0v) is 18.8. The van der Waals surface area contributed by atoms with Crippen molar-refractivity contribution in [1.29, 1.82) is 0 Å². The lowest BCUT2D eigenvalue weighted by Crippen LogP contribution is -2.39. The number of piperidine rings is 1. The summed E-state index contributed by atoms with van der Waals surface area (Å²) in [5, 5.41) is 1.40. The predicted molar refractivity (Wildman–Crippen MR) is 125 cm³/mol. The van der Waals surface area contributed by atoms with E-state index in [2.05, 4.69) is 25.7 Å². The smallest absolute Gasteiger partial charge is 0.261 e. The normalized spacial score (nSPS) is 17.7. The van der Waals surface area contributed by atoms with Crippen LogP contribution in [0.3, 0.4) is 0 Å². The molecule has 1 atom stereocenters. The lowest BCUT2D eigenvalue weighted by atomic mass is 9.97. The van der Waals surface area contributed by atoms with Gasteiger partial charge in [-0.1, -0.05) is 50.6 Å². The maximum absolute atomic E-state index is 13.6. The summed E-state index contributed by atoms with van der Waals surface area (Å²) in [6.07, 6.45) is 2.37. The van der Waals surface area contributed by atoms with Gasteiger partial charge >= 0.3 is 0 Å². The molecule has 4 nitrogen and oxygen atoms in total. The molecule has 2 aromatic carbocycles. The maximum atomic E-state index is 13.6. The molecule has 1 aliphatic rings. The van der Waals surface area contributed by atoms with Gasteiger partial charge in [0, 0.05) is 24.0 Å². The molecule has 0 radical (unpaired) electrons. The van der Waals surface area contributed by atoms with Crippen molar-refractivity contribution in [3.63, 3.8) is 0 Å². The molecule has 158 valence electrons. The third-order valence-corrected chi connectivity index (χ3v) is 6.42. The van der Waals surface area contributed by atoms with Gasteiger partial charge in [-0.3, -0.25) is 9.36 Å². The predicted octanol–water partition coefficient (Wildman–Crippen LogP) is 5.57. The van der Waals surface area contributed by atoms with E-state index in [1.165, 1.54) is 19.4 Å². The summed E-state index contributed by atoms with van der Waals surface area (Å²) in [6, 6.07) is 13.7. The SMILES string of the molecule is CCN1CCC[C@H](Cn2c(C(C)C)nc3ccc(-c4ccc(Cl)cc4)cc3c2=O)C1. The second kappa shape index (κ2) is 8.91. The van der Waals surface area contributed by atoms with Crippen molar-refractivity contribution in [1.82, 2.24) is 14.5 Å². The van der Waals surface area contributed by atoms with E-state index in [4.69, 9.17) is 16.6 Å². The summed E-state index contributed by atoms with van der Waals surface area (Å²) < 4.78 is 1.95. The third-order valence-electron chi connectivity index (χ3n) is 6.17. The fraction of sp³-hybridized carbons (Fsp3) is 0.440. The Morgan fingerprint density at radius 2 is 1.87 bits per heavy atom. The van der Waals surface area contributed by atoms with E-state index in [0.29, 0.717) is 16.3 Å². The Bertz CT molecular complexity index is 1090. The van der Waals surface area contributed by atoms with E-state index in [9.17, 15) is 4.79 Å². The maximum Gasteiger partial charge on any atom is 0.261 e. The van der Waals surface area contributed by atoms with Crippen molar-refractivity contribution in [2.24, 2.45) is 5.92 Å². The Kier molecular flexibility index (Phi) is 6.26. The molecule has 0 N–H and O–H groups in total. The van der Waals surface area contributed by atoms with Crippen LogP contribution in [0.2, 0.25) is 5.02 Å². The summed E-state index contributed by atoms with van der Waals surface area (Å²) in [5.74, 6) is 1.58. The number of aromatic nitrogens is 2. The van der Waals surface area contributed by atoms with Gasteiger partial charge in [-0.15, -0.1) is 0 Å². The first kappa shape index (κ1) is 21.1. The summed E-state index contributed by atoms with van der Waals surface area (Å²) in [7, 11) is 0. The Morgan fingerprint density at radius 1 is 1.13 bits per heavy atom. The molecule has 0 unspecified atom stereocenters. The standard InChI is InChI=1S/C25H30ClN3O/c1-4-28-13-5-6-18(15-28)16-29-24(17(2)3)27-23-12-9-20(14-22(23)25(29)30)19-7-10-21(26)11-8-19/h7-12,14,17-18H,4-6,13,15-16H2,1-3H3/t18-/m0/s1. The van der Waals surface area contributed by atoms with Crippen LogP contribution < -0.4 is 5.56 Å². The highest BCUT2D eigenvalue weighted by molar-refractivity contribution is 6.30.